The fraction of sp³-hybridized carbons (Fsp3) is 0.174. The van der Waals surface area contributed by atoms with Crippen LogP contribution in [0, 0.1) is 0 Å². The molecule has 0 radical (unpaired) electrons. The summed E-state index contributed by atoms with van der Waals surface area (Å²) in [5.74, 6) is 0. The zero-order valence-electron chi connectivity index (χ0n) is 16.2. The van der Waals surface area contributed by atoms with E-state index in [0.717, 1.165) is 5.69 Å². The second-order valence-electron chi connectivity index (χ2n) is 7.25. The molecule has 4 rings (SSSR count). The standard InChI is InChI=1S/C23H24N3Se/c1-25(2)17-8-10-19-21(13-17)27-22-14-18(26(3)4)9-11-20(22)23(19)15-6-5-7-16(24)12-15/h5-14H,24H2,1-4H3/q+1. The number of benzene rings is 3. The van der Waals surface area contributed by atoms with Gasteiger partial charge in [0.05, 0.1) is 0 Å². The first-order valence-electron chi connectivity index (χ1n) is 8.98. The average Bonchev–Trinajstić information content (AvgIpc) is 2.64. The maximum absolute atomic E-state index is 6.11. The van der Waals surface area contributed by atoms with Gasteiger partial charge in [-0.3, -0.25) is 0 Å². The van der Waals surface area contributed by atoms with Crippen molar-refractivity contribution in [2.75, 3.05) is 38.8 Å². The SMILES string of the molecule is CN(C)c1ccc2c(-c3cccc(N)c3)c3ccc(=[N+](C)C)cc-3[se]c2c1. The zero-order chi connectivity index (χ0) is 19.1. The van der Waals surface area contributed by atoms with Crippen LogP contribution < -0.4 is 20.6 Å². The molecule has 0 unspecified atom stereocenters. The van der Waals surface area contributed by atoms with Crippen molar-refractivity contribution in [3.8, 4) is 21.1 Å². The molecule has 2 aromatic rings. The number of hydrogen-bond acceptors (Lipinski definition) is 2. The molecule has 0 bridgehead atoms. The first-order valence-corrected chi connectivity index (χ1v) is 10.7. The number of nitrogens with two attached hydrogens (primary N) is 1. The molecule has 2 aliphatic rings. The number of nitrogens with zero attached hydrogens (tertiary/aromatic N) is 2. The molecule has 0 saturated heterocycles. The van der Waals surface area contributed by atoms with Crippen LogP contribution in [0.15, 0.2) is 60.7 Å². The van der Waals surface area contributed by atoms with Crippen LogP contribution >= 0.6 is 0 Å². The number of hydrogen-bond donors (Lipinski definition) is 1. The second-order valence-corrected chi connectivity index (χ2v) is 9.53. The number of rotatable bonds is 2. The van der Waals surface area contributed by atoms with Gasteiger partial charge in [0.1, 0.15) is 0 Å². The van der Waals surface area contributed by atoms with E-state index in [4.69, 9.17) is 5.73 Å². The van der Waals surface area contributed by atoms with Gasteiger partial charge < -0.3 is 0 Å². The van der Waals surface area contributed by atoms with Crippen molar-refractivity contribution in [2.45, 2.75) is 0 Å². The molecule has 0 atom stereocenters. The van der Waals surface area contributed by atoms with E-state index in [9.17, 15) is 0 Å². The Bertz CT molecular complexity index is 1180. The Labute approximate surface area is 166 Å². The van der Waals surface area contributed by atoms with Crippen molar-refractivity contribution in [3.05, 3.63) is 66.0 Å². The summed E-state index contributed by atoms with van der Waals surface area (Å²) < 4.78 is 5.02. The Morgan fingerprint density at radius 3 is 2.44 bits per heavy atom. The molecule has 1 aliphatic carbocycles. The Balaban J connectivity index is 2.15. The monoisotopic (exact) mass is 422 g/mol. The van der Waals surface area contributed by atoms with Crippen LogP contribution in [-0.2, 0) is 0 Å². The van der Waals surface area contributed by atoms with E-state index in [1.165, 1.54) is 41.8 Å². The van der Waals surface area contributed by atoms with Crippen LogP contribution in [0.2, 0.25) is 0 Å². The van der Waals surface area contributed by atoms with Crippen LogP contribution in [0.5, 0.6) is 0 Å². The Morgan fingerprint density at radius 1 is 0.926 bits per heavy atom. The summed E-state index contributed by atoms with van der Waals surface area (Å²) >= 11 is 0.270. The van der Waals surface area contributed by atoms with Crippen molar-refractivity contribution < 1.29 is 0 Å². The van der Waals surface area contributed by atoms with E-state index < -0.39 is 0 Å². The summed E-state index contributed by atoms with van der Waals surface area (Å²) in [6.45, 7) is 0. The van der Waals surface area contributed by atoms with Gasteiger partial charge in [0, 0.05) is 0 Å². The van der Waals surface area contributed by atoms with Gasteiger partial charge in [-0.05, 0) is 0 Å². The van der Waals surface area contributed by atoms with Crippen molar-refractivity contribution >= 4 is 35.5 Å². The van der Waals surface area contributed by atoms with E-state index in [0.29, 0.717) is 0 Å². The van der Waals surface area contributed by atoms with Gasteiger partial charge in [0.25, 0.3) is 0 Å². The molecule has 0 aromatic heterocycles. The van der Waals surface area contributed by atoms with E-state index in [1.54, 1.807) is 0 Å². The number of fused-ring (bicyclic) bond motifs is 2. The predicted molar refractivity (Wildman–Crippen MR) is 119 cm³/mol. The normalized spacial score (nSPS) is 11.1. The van der Waals surface area contributed by atoms with Crippen LogP contribution in [-0.4, -0.2) is 42.7 Å². The molecular weight excluding hydrogens is 397 g/mol. The second kappa shape index (κ2) is 6.88. The fourth-order valence-electron chi connectivity index (χ4n) is 3.43. The topological polar surface area (TPSA) is 32.3 Å². The first kappa shape index (κ1) is 17.8. The molecular formula is C23H24N3Se+. The first-order chi connectivity index (χ1) is 12.9. The number of nitrogen functional groups attached to an aromatic ring is 1. The zero-order valence-corrected chi connectivity index (χ0v) is 17.9. The molecule has 2 aromatic carbocycles. The van der Waals surface area contributed by atoms with Crippen LogP contribution in [0.1, 0.15) is 0 Å². The predicted octanol–water partition coefficient (Wildman–Crippen LogP) is 3.35. The molecule has 0 fully saturated rings. The summed E-state index contributed by atoms with van der Waals surface area (Å²) in [6.07, 6.45) is 0. The van der Waals surface area contributed by atoms with Crippen LogP contribution in [0.4, 0.5) is 11.4 Å². The van der Waals surface area contributed by atoms with Gasteiger partial charge in [0.2, 0.25) is 0 Å². The Kier molecular flexibility index (Phi) is 4.55. The van der Waals surface area contributed by atoms with Gasteiger partial charge in [-0.15, -0.1) is 0 Å². The fourth-order valence-corrected chi connectivity index (χ4v) is 5.86. The molecule has 1 aliphatic heterocycles. The summed E-state index contributed by atoms with van der Waals surface area (Å²) in [5.41, 5.74) is 12.0. The van der Waals surface area contributed by atoms with Gasteiger partial charge in [0.15, 0.2) is 0 Å². The molecule has 0 saturated carbocycles. The van der Waals surface area contributed by atoms with Gasteiger partial charge >= 0.3 is 166 Å². The molecule has 4 heteroatoms. The summed E-state index contributed by atoms with van der Waals surface area (Å²) in [6, 6.07) is 21.9. The van der Waals surface area contributed by atoms with E-state index in [1.807, 2.05) is 12.1 Å². The van der Waals surface area contributed by atoms with Crippen molar-refractivity contribution in [1.82, 2.24) is 4.58 Å². The Hall–Kier alpha value is -2.55. The van der Waals surface area contributed by atoms with Gasteiger partial charge in [-0.25, -0.2) is 0 Å². The van der Waals surface area contributed by atoms with Crippen molar-refractivity contribution in [3.63, 3.8) is 0 Å². The van der Waals surface area contributed by atoms with Gasteiger partial charge in [-0.2, -0.15) is 0 Å². The average molecular weight is 421 g/mol. The van der Waals surface area contributed by atoms with E-state index >= 15 is 0 Å². The third kappa shape index (κ3) is 3.27. The van der Waals surface area contributed by atoms with E-state index in [2.05, 4.69) is 86.2 Å². The van der Waals surface area contributed by atoms with Crippen LogP contribution in [0.3, 0.4) is 0 Å². The van der Waals surface area contributed by atoms with Gasteiger partial charge in [-0.1, -0.05) is 0 Å². The number of anilines is 2. The molecule has 1 heterocycles. The molecule has 2 N–H and O–H groups in total. The Morgan fingerprint density at radius 2 is 1.74 bits per heavy atom. The molecule has 0 amide bonds. The molecule has 0 spiro atoms. The maximum atomic E-state index is 6.11. The molecule has 27 heavy (non-hydrogen) atoms. The quantitative estimate of drug-likeness (QED) is 0.233. The van der Waals surface area contributed by atoms with Crippen molar-refractivity contribution in [1.29, 1.82) is 0 Å². The summed E-state index contributed by atoms with van der Waals surface area (Å²) in [7, 11) is 8.38. The van der Waals surface area contributed by atoms with Crippen molar-refractivity contribution in [2.24, 2.45) is 0 Å². The van der Waals surface area contributed by atoms with E-state index in [-0.39, 0.29) is 14.5 Å². The molecule has 136 valence electrons. The minimum atomic E-state index is 0.270. The minimum absolute atomic E-state index is 0.270. The summed E-state index contributed by atoms with van der Waals surface area (Å²) in [4.78, 5) is 2.17. The summed E-state index contributed by atoms with van der Waals surface area (Å²) in [5, 5.41) is 2.58. The third-order valence-electron chi connectivity index (χ3n) is 4.90. The van der Waals surface area contributed by atoms with Crippen LogP contribution in [0.25, 0.3) is 30.8 Å². The third-order valence-corrected chi connectivity index (χ3v) is 7.24. The molecule has 3 nitrogen and oxygen atoms in total.